The molecule has 0 aromatic heterocycles. The number of hydrogen-bond acceptors (Lipinski definition) is 1. The van der Waals surface area contributed by atoms with Crippen molar-refractivity contribution < 1.29 is 0 Å². The molecule has 1 aliphatic carbocycles. The quantitative estimate of drug-likeness (QED) is 0.817. The first kappa shape index (κ1) is 9.59. The Morgan fingerprint density at radius 1 is 1.38 bits per heavy atom. The zero-order valence-electron chi connectivity index (χ0n) is 7.19. The smallest absolute Gasteiger partial charge is 0.0638 e. The zero-order valence-corrected chi connectivity index (χ0v) is 10.1. The van der Waals surface area contributed by atoms with Crippen LogP contribution in [-0.2, 0) is 0 Å². The van der Waals surface area contributed by atoms with Crippen molar-refractivity contribution in [3.8, 4) is 0 Å². The molecule has 1 aromatic rings. The van der Waals surface area contributed by atoms with Gasteiger partial charge in [-0.05, 0) is 60.1 Å². The van der Waals surface area contributed by atoms with Crippen LogP contribution in [0.15, 0.2) is 18.2 Å². The van der Waals surface area contributed by atoms with Gasteiger partial charge in [0.15, 0.2) is 0 Å². The van der Waals surface area contributed by atoms with Gasteiger partial charge < -0.3 is 5.32 Å². The molecule has 0 spiro atoms. The summed E-state index contributed by atoms with van der Waals surface area (Å²) in [6, 6.07) is 6.72. The van der Waals surface area contributed by atoms with Gasteiger partial charge in [0.2, 0.25) is 0 Å². The molecule has 70 valence electrons. The van der Waals surface area contributed by atoms with Crippen LogP contribution in [0.1, 0.15) is 19.3 Å². The van der Waals surface area contributed by atoms with Gasteiger partial charge in [-0.3, -0.25) is 0 Å². The van der Waals surface area contributed by atoms with Crippen LogP contribution in [0.3, 0.4) is 0 Å². The summed E-state index contributed by atoms with van der Waals surface area (Å²) in [7, 11) is 0. The van der Waals surface area contributed by atoms with Crippen LogP contribution in [0.25, 0.3) is 0 Å². The van der Waals surface area contributed by atoms with Crippen molar-refractivity contribution >= 4 is 39.9 Å². The normalized spacial score (nSPS) is 16.8. The summed E-state index contributed by atoms with van der Waals surface area (Å²) in [6.07, 6.45) is 3.91. The minimum atomic E-state index is 0.649. The fraction of sp³-hybridized carbons (Fsp3) is 0.400. The van der Waals surface area contributed by atoms with Gasteiger partial charge in [-0.1, -0.05) is 11.6 Å². The molecule has 0 radical (unpaired) electrons. The zero-order chi connectivity index (χ0) is 9.26. The summed E-state index contributed by atoms with van der Waals surface area (Å²) in [5.41, 5.74) is 1.08. The minimum absolute atomic E-state index is 0.649. The fourth-order valence-corrected chi connectivity index (χ4v) is 2.04. The molecule has 13 heavy (non-hydrogen) atoms. The Kier molecular flexibility index (Phi) is 2.99. The van der Waals surface area contributed by atoms with Crippen LogP contribution in [0, 0.1) is 3.57 Å². The molecule has 3 heteroatoms. The van der Waals surface area contributed by atoms with E-state index in [0.717, 1.165) is 10.7 Å². The van der Waals surface area contributed by atoms with Gasteiger partial charge in [0.05, 0.1) is 10.7 Å². The average molecular weight is 308 g/mol. The molecule has 0 saturated heterocycles. The Labute approximate surface area is 97.0 Å². The second-order valence-electron chi connectivity index (χ2n) is 3.40. The van der Waals surface area contributed by atoms with Crippen LogP contribution in [0.4, 0.5) is 5.69 Å². The molecule has 0 heterocycles. The van der Waals surface area contributed by atoms with Crippen LogP contribution >= 0.6 is 34.2 Å². The Balaban J connectivity index is 2.13. The minimum Gasteiger partial charge on any atom is -0.381 e. The van der Waals surface area contributed by atoms with E-state index in [0.29, 0.717) is 6.04 Å². The van der Waals surface area contributed by atoms with Crippen LogP contribution in [0.5, 0.6) is 0 Å². The number of nitrogens with one attached hydrogen (secondary N) is 1. The summed E-state index contributed by atoms with van der Waals surface area (Å²) in [4.78, 5) is 0. The maximum atomic E-state index is 6.06. The van der Waals surface area contributed by atoms with E-state index in [9.17, 15) is 0 Å². The molecule has 1 nitrogen and oxygen atoms in total. The molecule has 0 unspecified atom stereocenters. The number of halogens is 2. The Bertz CT molecular complexity index is 310. The number of benzene rings is 1. The highest BCUT2D eigenvalue weighted by Crippen LogP contribution is 2.29. The third-order valence-corrected chi connectivity index (χ3v) is 3.39. The first-order valence-electron chi connectivity index (χ1n) is 4.47. The second-order valence-corrected chi connectivity index (χ2v) is 5.05. The first-order chi connectivity index (χ1) is 6.25. The molecular formula is C10H11ClIN. The molecule has 1 N–H and O–H groups in total. The van der Waals surface area contributed by atoms with E-state index in [1.807, 2.05) is 12.1 Å². The van der Waals surface area contributed by atoms with E-state index >= 15 is 0 Å². The lowest BCUT2D eigenvalue weighted by molar-refractivity contribution is 0.445. The van der Waals surface area contributed by atoms with E-state index in [4.69, 9.17) is 11.6 Å². The summed E-state index contributed by atoms with van der Waals surface area (Å²) in [5.74, 6) is 0. The molecular weight excluding hydrogens is 296 g/mol. The highest BCUT2D eigenvalue weighted by atomic mass is 127. The largest absolute Gasteiger partial charge is 0.381 e. The number of rotatable bonds is 2. The van der Waals surface area contributed by atoms with Crippen molar-refractivity contribution in [2.24, 2.45) is 0 Å². The molecule has 1 aliphatic rings. The lowest BCUT2D eigenvalue weighted by Crippen LogP contribution is -2.27. The van der Waals surface area contributed by atoms with Gasteiger partial charge in [-0.15, -0.1) is 0 Å². The Hall–Kier alpha value is 0.0400. The van der Waals surface area contributed by atoms with E-state index < -0.39 is 0 Å². The van der Waals surface area contributed by atoms with Crippen LogP contribution in [0.2, 0.25) is 5.02 Å². The monoisotopic (exact) mass is 307 g/mol. The lowest BCUT2D eigenvalue weighted by Gasteiger charge is -2.28. The van der Waals surface area contributed by atoms with Crippen molar-refractivity contribution in [2.75, 3.05) is 5.32 Å². The first-order valence-corrected chi connectivity index (χ1v) is 5.93. The second kappa shape index (κ2) is 4.05. The van der Waals surface area contributed by atoms with Gasteiger partial charge in [0.25, 0.3) is 0 Å². The predicted molar refractivity (Wildman–Crippen MR) is 65.4 cm³/mol. The summed E-state index contributed by atoms with van der Waals surface area (Å²) < 4.78 is 1.23. The van der Waals surface area contributed by atoms with Crippen LogP contribution < -0.4 is 5.32 Å². The van der Waals surface area contributed by atoms with Crippen molar-refractivity contribution in [3.05, 3.63) is 26.8 Å². The van der Waals surface area contributed by atoms with Gasteiger partial charge in [-0.2, -0.15) is 0 Å². The van der Waals surface area contributed by atoms with Gasteiger partial charge in [0, 0.05) is 9.61 Å². The van der Waals surface area contributed by atoms with Gasteiger partial charge in [-0.25, -0.2) is 0 Å². The highest BCUT2D eigenvalue weighted by Gasteiger charge is 2.17. The summed E-state index contributed by atoms with van der Waals surface area (Å²) >= 11 is 8.36. The predicted octanol–water partition coefficient (Wildman–Crippen LogP) is 3.91. The molecule has 0 bridgehead atoms. The maximum Gasteiger partial charge on any atom is 0.0638 e. The topological polar surface area (TPSA) is 12.0 Å². The van der Waals surface area contributed by atoms with Crippen LogP contribution in [-0.4, -0.2) is 6.04 Å². The molecule has 0 atom stereocenters. The standard InChI is InChI=1S/C10H11ClIN/c11-9-5-4-7(12)6-10(9)13-8-2-1-3-8/h4-6,8,13H,1-3H2. The SMILES string of the molecule is Clc1ccc(I)cc1NC1CCC1. The van der Waals surface area contributed by atoms with E-state index in [2.05, 4.69) is 34.0 Å². The molecule has 1 aromatic carbocycles. The van der Waals surface area contributed by atoms with Crippen molar-refractivity contribution in [3.63, 3.8) is 0 Å². The fourth-order valence-electron chi connectivity index (χ4n) is 1.38. The third kappa shape index (κ3) is 2.29. The molecule has 2 rings (SSSR count). The van der Waals surface area contributed by atoms with E-state index in [-0.39, 0.29) is 0 Å². The molecule has 0 aliphatic heterocycles. The van der Waals surface area contributed by atoms with Gasteiger partial charge in [0.1, 0.15) is 0 Å². The number of anilines is 1. The summed E-state index contributed by atoms with van der Waals surface area (Å²) in [5, 5.41) is 4.28. The Morgan fingerprint density at radius 2 is 2.15 bits per heavy atom. The van der Waals surface area contributed by atoms with Crippen molar-refractivity contribution in [1.82, 2.24) is 0 Å². The lowest BCUT2D eigenvalue weighted by atomic mass is 9.93. The van der Waals surface area contributed by atoms with E-state index in [1.54, 1.807) is 0 Å². The number of hydrogen-bond donors (Lipinski definition) is 1. The average Bonchev–Trinajstić information content (AvgIpc) is 2.03. The summed E-state index contributed by atoms with van der Waals surface area (Å²) in [6.45, 7) is 0. The molecule has 1 fully saturated rings. The Morgan fingerprint density at radius 3 is 2.77 bits per heavy atom. The van der Waals surface area contributed by atoms with Crippen molar-refractivity contribution in [1.29, 1.82) is 0 Å². The highest BCUT2D eigenvalue weighted by molar-refractivity contribution is 14.1. The van der Waals surface area contributed by atoms with Gasteiger partial charge >= 0.3 is 0 Å². The van der Waals surface area contributed by atoms with Crippen molar-refractivity contribution in [2.45, 2.75) is 25.3 Å². The van der Waals surface area contributed by atoms with E-state index in [1.165, 1.54) is 22.8 Å². The maximum absolute atomic E-state index is 6.06. The molecule has 1 saturated carbocycles. The molecule has 0 amide bonds. The third-order valence-electron chi connectivity index (χ3n) is 2.39.